The summed E-state index contributed by atoms with van der Waals surface area (Å²) >= 11 is 1.28. The van der Waals surface area contributed by atoms with Crippen molar-refractivity contribution >= 4 is 28.9 Å². The molecule has 0 aliphatic carbocycles. The Kier molecular flexibility index (Phi) is 5.15. The minimum atomic E-state index is -0.408. The molecular weight excluding hydrogens is 252 g/mol. The summed E-state index contributed by atoms with van der Waals surface area (Å²) in [6.45, 7) is 5.68. The highest BCUT2D eigenvalue weighted by atomic mass is 32.1. The third-order valence-electron chi connectivity index (χ3n) is 2.38. The molecule has 5 nitrogen and oxygen atoms in total. The van der Waals surface area contributed by atoms with Crippen molar-refractivity contribution in [2.24, 2.45) is 0 Å². The molecule has 0 radical (unpaired) electrons. The Labute approximate surface area is 111 Å². The third-order valence-corrected chi connectivity index (χ3v) is 3.30. The lowest BCUT2D eigenvalue weighted by Crippen LogP contribution is -2.41. The number of carbonyl (C=O) groups is 2. The first-order valence-corrected chi connectivity index (χ1v) is 6.64. The SMILES string of the molecule is CCOC(=O)CN(C(=O)c1sccc1N)C(C)C. The molecule has 1 rings (SSSR count). The van der Waals surface area contributed by atoms with Gasteiger partial charge in [-0.3, -0.25) is 9.59 Å². The molecule has 0 aromatic carbocycles. The Balaban J connectivity index is 2.83. The summed E-state index contributed by atoms with van der Waals surface area (Å²) in [7, 11) is 0. The highest BCUT2D eigenvalue weighted by Crippen LogP contribution is 2.21. The molecule has 0 saturated carbocycles. The number of hydrogen-bond donors (Lipinski definition) is 1. The number of carbonyl (C=O) groups excluding carboxylic acids is 2. The van der Waals surface area contributed by atoms with E-state index in [1.165, 1.54) is 16.2 Å². The molecule has 1 aromatic heterocycles. The number of nitrogen functional groups attached to an aromatic ring is 1. The van der Waals surface area contributed by atoms with Gasteiger partial charge in [0.25, 0.3) is 5.91 Å². The van der Waals surface area contributed by atoms with Crippen molar-refractivity contribution in [3.05, 3.63) is 16.3 Å². The average Bonchev–Trinajstić information content (AvgIpc) is 2.71. The Bertz CT molecular complexity index is 429. The maximum Gasteiger partial charge on any atom is 0.325 e. The van der Waals surface area contributed by atoms with Gasteiger partial charge in [-0.15, -0.1) is 11.3 Å². The van der Waals surface area contributed by atoms with Crippen LogP contribution < -0.4 is 5.73 Å². The predicted molar refractivity (Wildman–Crippen MR) is 71.5 cm³/mol. The number of esters is 1. The largest absolute Gasteiger partial charge is 0.465 e. The highest BCUT2D eigenvalue weighted by molar-refractivity contribution is 7.12. The van der Waals surface area contributed by atoms with E-state index in [2.05, 4.69) is 0 Å². The van der Waals surface area contributed by atoms with Crippen molar-refractivity contribution in [1.29, 1.82) is 0 Å². The first-order chi connectivity index (χ1) is 8.47. The van der Waals surface area contributed by atoms with Crippen molar-refractivity contribution in [2.75, 3.05) is 18.9 Å². The second-order valence-electron chi connectivity index (χ2n) is 4.04. The van der Waals surface area contributed by atoms with Crippen molar-refractivity contribution in [2.45, 2.75) is 26.8 Å². The molecule has 0 atom stereocenters. The highest BCUT2D eigenvalue weighted by Gasteiger charge is 2.24. The first-order valence-electron chi connectivity index (χ1n) is 5.76. The van der Waals surface area contributed by atoms with Crippen molar-refractivity contribution < 1.29 is 14.3 Å². The minimum Gasteiger partial charge on any atom is -0.465 e. The molecule has 0 aliphatic heterocycles. The van der Waals surface area contributed by atoms with Gasteiger partial charge in [0, 0.05) is 6.04 Å². The van der Waals surface area contributed by atoms with Gasteiger partial charge < -0.3 is 15.4 Å². The molecule has 1 aromatic rings. The number of hydrogen-bond acceptors (Lipinski definition) is 5. The molecule has 1 amide bonds. The van der Waals surface area contributed by atoms with Crippen LogP contribution in [0.25, 0.3) is 0 Å². The van der Waals surface area contributed by atoms with E-state index in [-0.39, 0.29) is 18.5 Å². The molecule has 100 valence electrons. The zero-order chi connectivity index (χ0) is 13.7. The number of nitrogens with two attached hydrogens (primary N) is 1. The Morgan fingerprint density at radius 2 is 2.17 bits per heavy atom. The fraction of sp³-hybridized carbons (Fsp3) is 0.500. The van der Waals surface area contributed by atoms with Crippen LogP contribution in [0.15, 0.2) is 11.4 Å². The number of thiophene rings is 1. The summed E-state index contributed by atoms with van der Waals surface area (Å²) in [5.74, 6) is -0.639. The summed E-state index contributed by atoms with van der Waals surface area (Å²) in [5.41, 5.74) is 6.16. The summed E-state index contributed by atoms with van der Waals surface area (Å²) in [6.07, 6.45) is 0. The van der Waals surface area contributed by atoms with E-state index in [1.807, 2.05) is 13.8 Å². The van der Waals surface area contributed by atoms with Gasteiger partial charge in [0.15, 0.2) is 0 Å². The van der Waals surface area contributed by atoms with Gasteiger partial charge in [0.1, 0.15) is 11.4 Å². The van der Waals surface area contributed by atoms with E-state index in [4.69, 9.17) is 10.5 Å². The second-order valence-corrected chi connectivity index (χ2v) is 4.95. The summed E-state index contributed by atoms with van der Waals surface area (Å²) in [4.78, 5) is 25.7. The van der Waals surface area contributed by atoms with Gasteiger partial charge in [-0.2, -0.15) is 0 Å². The van der Waals surface area contributed by atoms with E-state index in [1.54, 1.807) is 18.4 Å². The monoisotopic (exact) mass is 270 g/mol. The van der Waals surface area contributed by atoms with Crippen LogP contribution in [0.3, 0.4) is 0 Å². The molecule has 0 fully saturated rings. The van der Waals surface area contributed by atoms with E-state index in [0.29, 0.717) is 17.2 Å². The number of rotatable bonds is 5. The maximum atomic E-state index is 12.3. The fourth-order valence-corrected chi connectivity index (χ4v) is 2.23. The van der Waals surface area contributed by atoms with E-state index < -0.39 is 5.97 Å². The lowest BCUT2D eigenvalue weighted by atomic mass is 10.2. The van der Waals surface area contributed by atoms with Crippen LogP contribution in [0.1, 0.15) is 30.4 Å². The number of ether oxygens (including phenoxy) is 1. The van der Waals surface area contributed by atoms with Crippen LogP contribution >= 0.6 is 11.3 Å². The third kappa shape index (κ3) is 3.46. The normalized spacial score (nSPS) is 10.4. The molecule has 0 bridgehead atoms. The molecule has 0 aliphatic rings. The lowest BCUT2D eigenvalue weighted by molar-refractivity contribution is -0.144. The Hall–Kier alpha value is -1.56. The molecular formula is C12H18N2O3S. The zero-order valence-corrected chi connectivity index (χ0v) is 11.6. The summed E-state index contributed by atoms with van der Waals surface area (Å²) < 4.78 is 4.86. The van der Waals surface area contributed by atoms with Crippen LogP contribution in [-0.2, 0) is 9.53 Å². The lowest BCUT2D eigenvalue weighted by Gasteiger charge is -2.25. The minimum absolute atomic E-state index is 0.0539. The molecule has 6 heteroatoms. The molecule has 0 unspecified atom stereocenters. The van der Waals surface area contributed by atoms with Crippen molar-refractivity contribution in [3.63, 3.8) is 0 Å². The molecule has 0 saturated heterocycles. The van der Waals surface area contributed by atoms with Crippen molar-refractivity contribution in [3.8, 4) is 0 Å². The first kappa shape index (κ1) is 14.5. The van der Waals surface area contributed by atoms with Crippen LogP contribution in [0.2, 0.25) is 0 Å². The number of nitrogens with zero attached hydrogens (tertiary/aromatic N) is 1. The molecule has 2 N–H and O–H groups in total. The Morgan fingerprint density at radius 3 is 2.61 bits per heavy atom. The van der Waals surface area contributed by atoms with Gasteiger partial charge in [-0.25, -0.2) is 0 Å². The Morgan fingerprint density at radius 1 is 1.50 bits per heavy atom. The number of amides is 1. The van der Waals surface area contributed by atoms with Crippen LogP contribution in [0, 0.1) is 0 Å². The standard InChI is InChI=1S/C12H18N2O3S/c1-4-17-10(15)7-14(8(2)3)12(16)11-9(13)5-6-18-11/h5-6,8H,4,7,13H2,1-3H3. The van der Waals surface area contributed by atoms with E-state index in [9.17, 15) is 9.59 Å². The second kappa shape index (κ2) is 6.39. The smallest absolute Gasteiger partial charge is 0.325 e. The molecule has 0 spiro atoms. The van der Waals surface area contributed by atoms with E-state index >= 15 is 0 Å². The van der Waals surface area contributed by atoms with Gasteiger partial charge in [0.2, 0.25) is 0 Å². The van der Waals surface area contributed by atoms with Gasteiger partial charge in [-0.05, 0) is 32.2 Å². The fourth-order valence-electron chi connectivity index (χ4n) is 1.46. The quantitative estimate of drug-likeness (QED) is 0.827. The average molecular weight is 270 g/mol. The molecule has 1 heterocycles. The molecule has 18 heavy (non-hydrogen) atoms. The van der Waals surface area contributed by atoms with Gasteiger partial charge in [0.05, 0.1) is 12.3 Å². The van der Waals surface area contributed by atoms with Crippen LogP contribution in [0.4, 0.5) is 5.69 Å². The zero-order valence-electron chi connectivity index (χ0n) is 10.8. The summed E-state index contributed by atoms with van der Waals surface area (Å²) in [6, 6.07) is 1.59. The van der Waals surface area contributed by atoms with Crippen molar-refractivity contribution in [1.82, 2.24) is 4.90 Å². The number of anilines is 1. The predicted octanol–water partition coefficient (Wildman–Crippen LogP) is 1.74. The van der Waals surface area contributed by atoms with Gasteiger partial charge >= 0.3 is 5.97 Å². The van der Waals surface area contributed by atoms with Crippen LogP contribution in [-0.4, -0.2) is 36.0 Å². The van der Waals surface area contributed by atoms with E-state index in [0.717, 1.165) is 0 Å². The van der Waals surface area contributed by atoms with Gasteiger partial charge in [-0.1, -0.05) is 0 Å². The topological polar surface area (TPSA) is 72.6 Å². The maximum absolute atomic E-state index is 12.3. The van der Waals surface area contributed by atoms with Crippen LogP contribution in [0.5, 0.6) is 0 Å². The summed E-state index contributed by atoms with van der Waals surface area (Å²) in [5, 5.41) is 1.76.